The second-order valence-corrected chi connectivity index (χ2v) is 8.43. The molecular weight excluding hydrogens is 506 g/mol. The zero-order chi connectivity index (χ0) is 27.5. The first kappa shape index (κ1) is 25.9. The Labute approximate surface area is 205 Å². The molecule has 2 aliphatic heterocycles. The zero-order valence-corrected chi connectivity index (χ0v) is 19.1. The van der Waals surface area contributed by atoms with Gasteiger partial charge in [-0.1, -0.05) is 12.1 Å². The van der Waals surface area contributed by atoms with Crippen LogP contribution < -0.4 is 9.80 Å². The molecule has 0 aliphatic carbocycles. The third-order valence-corrected chi connectivity index (χ3v) is 6.24. The highest BCUT2D eigenvalue weighted by atomic mass is 19.4. The van der Waals surface area contributed by atoms with Crippen molar-refractivity contribution in [3.63, 3.8) is 0 Å². The maximum atomic E-state index is 14.9. The number of alkyl halides is 6. The van der Waals surface area contributed by atoms with Crippen LogP contribution in [0, 0.1) is 13.8 Å². The summed E-state index contributed by atoms with van der Waals surface area (Å²) in [5, 5.41) is 0. The van der Waals surface area contributed by atoms with Crippen LogP contribution >= 0.6 is 0 Å². The molecule has 0 radical (unpaired) electrons. The van der Waals surface area contributed by atoms with Crippen molar-refractivity contribution in [3.8, 4) is 0 Å². The molecule has 0 atom stereocenters. The van der Waals surface area contributed by atoms with Crippen molar-refractivity contribution in [3.05, 3.63) is 83.0 Å². The molecule has 37 heavy (non-hydrogen) atoms. The normalized spacial score (nSPS) is 16.5. The zero-order valence-electron chi connectivity index (χ0n) is 19.1. The van der Waals surface area contributed by atoms with Gasteiger partial charge in [0.1, 0.15) is 0 Å². The number of aryl methyl sites for hydroxylation is 2. The molecular formula is C25H16F6N2O4. The van der Waals surface area contributed by atoms with E-state index in [0.717, 1.165) is 62.4 Å². The predicted molar refractivity (Wildman–Crippen MR) is 119 cm³/mol. The molecule has 6 nitrogen and oxygen atoms in total. The highest BCUT2D eigenvalue weighted by Gasteiger charge is 2.73. The summed E-state index contributed by atoms with van der Waals surface area (Å²) in [4.78, 5) is 49.3. The maximum absolute atomic E-state index is 14.9. The van der Waals surface area contributed by atoms with Crippen molar-refractivity contribution < 1.29 is 45.5 Å². The number of hydrogen-bond acceptors (Lipinski definition) is 4. The van der Waals surface area contributed by atoms with Gasteiger partial charge in [-0.25, -0.2) is 9.80 Å². The van der Waals surface area contributed by atoms with Crippen LogP contribution in [0.1, 0.15) is 22.3 Å². The van der Waals surface area contributed by atoms with Gasteiger partial charge in [-0.2, -0.15) is 26.3 Å². The van der Waals surface area contributed by atoms with E-state index < -0.39 is 75.0 Å². The Morgan fingerprint density at radius 3 is 1.11 bits per heavy atom. The number of carbonyl (C=O) groups excluding carboxylic acids is 4. The molecule has 2 aliphatic rings. The minimum absolute atomic E-state index is 0.426. The smallest absolute Gasteiger partial charge is 0.269 e. The summed E-state index contributed by atoms with van der Waals surface area (Å²) in [6, 6.07) is 5.06. The molecule has 0 bridgehead atoms. The standard InChI is InChI=1S/C25H16F6N2O4/c1-13-3-5-15(32-19(34)7-8-20(32)35)11-17(13)23(24(26,27)28,25(29,30)31)18-12-16(6-4-14(18)2)33-21(36)9-10-22(33)37/h3-12H,1-2H3. The lowest BCUT2D eigenvalue weighted by Crippen LogP contribution is -2.55. The van der Waals surface area contributed by atoms with Gasteiger partial charge in [0.05, 0.1) is 11.4 Å². The van der Waals surface area contributed by atoms with Crippen molar-refractivity contribution in [2.45, 2.75) is 31.6 Å². The number of hydrogen-bond donors (Lipinski definition) is 0. The lowest BCUT2D eigenvalue weighted by molar-refractivity contribution is -0.288. The fourth-order valence-electron chi connectivity index (χ4n) is 4.53. The second kappa shape index (κ2) is 8.43. The average molecular weight is 522 g/mol. The van der Waals surface area contributed by atoms with Gasteiger partial charge in [-0.3, -0.25) is 19.2 Å². The van der Waals surface area contributed by atoms with E-state index in [-0.39, 0.29) is 0 Å². The number of carbonyl (C=O) groups is 4. The molecule has 2 aromatic carbocycles. The van der Waals surface area contributed by atoms with Crippen LogP contribution in [0.4, 0.5) is 37.7 Å². The summed E-state index contributed by atoms with van der Waals surface area (Å²) >= 11 is 0. The molecule has 0 spiro atoms. The first-order valence-corrected chi connectivity index (χ1v) is 10.6. The van der Waals surface area contributed by atoms with Gasteiger partial charge in [-0.15, -0.1) is 0 Å². The predicted octanol–water partition coefficient (Wildman–Crippen LogP) is 4.57. The molecule has 4 rings (SSSR count). The van der Waals surface area contributed by atoms with Crippen molar-refractivity contribution in [1.82, 2.24) is 0 Å². The molecule has 0 aromatic heterocycles. The first-order chi connectivity index (χ1) is 17.1. The van der Waals surface area contributed by atoms with E-state index in [1.807, 2.05) is 0 Å². The minimum atomic E-state index is -5.99. The van der Waals surface area contributed by atoms with E-state index in [9.17, 15) is 45.5 Å². The largest absolute Gasteiger partial charge is 0.411 e. The Kier molecular flexibility index (Phi) is 5.89. The van der Waals surface area contributed by atoms with Crippen LogP contribution in [0.5, 0.6) is 0 Å². The Bertz CT molecular complexity index is 1280. The van der Waals surface area contributed by atoms with Crippen LogP contribution in [0.25, 0.3) is 0 Å². The highest BCUT2D eigenvalue weighted by Crippen LogP contribution is 2.58. The van der Waals surface area contributed by atoms with Crippen molar-refractivity contribution in [1.29, 1.82) is 0 Å². The van der Waals surface area contributed by atoms with E-state index in [0.29, 0.717) is 21.9 Å². The van der Waals surface area contributed by atoms with E-state index in [4.69, 9.17) is 0 Å². The van der Waals surface area contributed by atoms with Crippen molar-refractivity contribution in [2.24, 2.45) is 0 Å². The molecule has 2 heterocycles. The van der Waals surface area contributed by atoms with Crippen molar-refractivity contribution in [2.75, 3.05) is 9.80 Å². The molecule has 12 heteroatoms. The average Bonchev–Trinajstić information content (AvgIpc) is 3.29. The van der Waals surface area contributed by atoms with Gasteiger partial charge < -0.3 is 0 Å². The molecule has 4 amide bonds. The van der Waals surface area contributed by atoms with E-state index in [1.165, 1.54) is 0 Å². The maximum Gasteiger partial charge on any atom is 0.411 e. The summed E-state index contributed by atoms with van der Waals surface area (Å²) in [7, 11) is 0. The minimum Gasteiger partial charge on any atom is -0.269 e. The summed E-state index contributed by atoms with van der Waals surface area (Å²) in [5.74, 6) is -3.72. The summed E-state index contributed by atoms with van der Waals surface area (Å²) in [6.45, 7) is 2.07. The molecule has 192 valence electrons. The topological polar surface area (TPSA) is 74.8 Å². The Hall–Kier alpha value is -4.22. The molecule has 0 fully saturated rings. The highest BCUT2D eigenvalue weighted by molar-refractivity contribution is 6.28. The quantitative estimate of drug-likeness (QED) is 0.436. The van der Waals surface area contributed by atoms with E-state index in [2.05, 4.69) is 0 Å². The van der Waals surface area contributed by atoms with Gasteiger partial charge in [0.15, 0.2) is 0 Å². The molecule has 0 saturated heterocycles. The number of amides is 4. The Morgan fingerprint density at radius 1 is 0.541 bits per heavy atom. The third-order valence-electron chi connectivity index (χ3n) is 6.24. The molecule has 2 aromatic rings. The van der Waals surface area contributed by atoms with Crippen LogP contribution in [-0.4, -0.2) is 36.0 Å². The Morgan fingerprint density at radius 2 is 0.838 bits per heavy atom. The van der Waals surface area contributed by atoms with Crippen LogP contribution in [-0.2, 0) is 24.6 Å². The van der Waals surface area contributed by atoms with Gasteiger partial charge in [0.2, 0.25) is 5.41 Å². The SMILES string of the molecule is Cc1ccc(N2C(=O)C=CC2=O)cc1C(c1cc(N2C(=O)C=CC2=O)ccc1C)(C(F)(F)F)C(F)(F)F. The second-order valence-electron chi connectivity index (χ2n) is 8.43. The summed E-state index contributed by atoms with van der Waals surface area (Å²) < 4.78 is 89.3. The lowest BCUT2D eigenvalue weighted by atomic mass is 9.69. The van der Waals surface area contributed by atoms with Gasteiger partial charge in [0, 0.05) is 24.3 Å². The number of halogens is 6. The van der Waals surface area contributed by atoms with Crippen LogP contribution in [0.3, 0.4) is 0 Å². The molecule has 0 unspecified atom stereocenters. The van der Waals surface area contributed by atoms with E-state index in [1.54, 1.807) is 0 Å². The number of anilines is 2. The number of benzene rings is 2. The van der Waals surface area contributed by atoms with E-state index >= 15 is 0 Å². The Balaban J connectivity index is 2.07. The monoisotopic (exact) mass is 522 g/mol. The first-order valence-electron chi connectivity index (χ1n) is 10.6. The lowest BCUT2D eigenvalue weighted by Gasteiger charge is -2.40. The van der Waals surface area contributed by atoms with Gasteiger partial charge >= 0.3 is 12.4 Å². The molecule has 0 N–H and O–H groups in total. The number of rotatable bonds is 4. The van der Waals surface area contributed by atoms with Crippen molar-refractivity contribution >= 4 is 35.0 Å². The fourth-order valence-corrected chi connectivity index (χ4v) is 4.53. The summed E-state index contributed by atoms with van der Waals surface area (Å²) in [5.41, 5.74) is -9.01. The van der Waals surface area contributed by atoms with Crippen LogP contribution in [0.2, 0.25) is 0 Å². The molecule has 0 saturated carbocycles. The third kappa shape index (κ3) is 3.83. The number of nitrogens with zero attached hydrogens (tertiary/aromatic N) is 2. The number of imide groups is 2. The summed E-state index contributed by atoms with van der Waals surface area (Å²) in [6.07, 6.45) is -8.62. The van der Waals surface area contributed by atoms with Gasteiger partial charge in [0.25, 0.3) is 23.6 Å². The van der Waals surface area contributed by atoms with Crippen LogP contribution in [0.15, 0.2) is 60.7 Å². The fraction of sp³-hybridized carbons (Fsp3) is 0.200. The van der Waals surface area contributed by atoms with Gasteiger partial charge in [-0.05, 0) is 60.4 Å².